The molecule has 1 atom stereocenters. The van der Waals surface area contributed by atoms with Crippen LogP contribution in [0.15, 0.2) is 0 Å². The highest BCUT2D eigenvalue weighted by Crippen LogP contribution is 2.14. The first-order valence-electron chi connectivity index (χ1n) is 3.85. The van der Waals surface area contributed by atoms with E-state index in [0.717, 1.165) is 19.6 Å². The molecule has 0 aliphatic carbocycles. The maximum absolute atomic E-state index is 9.68. The van der Waals surface area contributed by atoms with Gasteiger partial charge in [-0.1, -0.05) is 6.92 Å². The average molecular weight is 144 g/mol. The standard InChI is InChI=1S/C7H16N2O/c1-3-9-6(2)7(10)4-8-5-7/h6,8-10H,3-5H2,1-2H3. The molecule has 0 aromatic carbocycles. The first-order chi connectivity index (χ1) is 4.69. The minimum atomic E-state index is -0.490. The molecule has 1 unspecified atom stereocenters. The predicted octanol–water partition coefficient (Wildman–Crippen LogP) is -0.681. The maximum atomic E-state index is 9.68. The lowest BCUT2D eigenvalue weighted by atomic mass is 9.89. The Hall–Kier alpha value is -0.120. The van der Waals surface area contributed by atoms with E-state index in [1.54, 1.807) is 0 Å². The van der Waals surface area contributed by atoms with Crippen LogP contribution in [0.5, 0.6) is 0 Å². The van der Waals surface area contributed by atoms with Crippen molar-refractivity contribution >= 4 is 0 Å². The van der Waals surface area contributed by atoms with Gasteiger partial charge in [-0.25, -0.2) is 0 Å². The third-order valence-corrected chi connectivity index (χ3v) is 2.18. The molecule has 10 heavy (non-hydrogen) atoms. The van der Waals surface area contributed by atoms with Crippen molar-refractivity contribution in [3.63, 3.8) is 0 Å². The van der Waals surface area contributed by atoms with E-state index in [4.69, 9.17) is 0 Å². The van der Waals surface area contributed by atoms with Gasteiger partial charge in [0.1, 0.15) is 5.60 Å². The fourth-order valence-corrected chi connectivity index (χ4v) is 1.18. The average Bonchev–Trinajstić information content (AvgIpc) is 1.83. The molecule has 0 amide bonds. The van der Waals surface area contributed by atoms with E-state index in [-0.39, 0.29) is 6.04 Å². The van der Waals surface area contributed by atoms with E-state index in [2.05, 4.69) is 10.6 Å². The molecule has 1 aliphatic heterocycles. The van der Waals surface area contributed by atoms with Gasteiger partial charge in [0.15, 0.2) is 0 Å². The highest BCUT2D eigenvalue weighted by Gasteiger charge is 2.39. The zero-order valence-electron chi connectivity index (χ0n) is 6.65. The molecule has 0 spiro atoms. The van der Waals surface area contributed by atoms with Gasteiger partial charge in [-0.15, -0.1) is 0 Å². The van der Waals surface area contributed by atoms with Crippen molar-refractivity contribution in [3.8, 4) is 0 Å². The van der Waals surface area contributed by atoms with Crippen LogP contribution in [0.4, 0.5) is 0 Å². The number of aliphatic hydroxyl groups is 1. The van der Waals surface area contributed by atoms with Crippen LogP contribution in [0, 0.1) is 0 Å². The topological polar surface area (TPSA) is 44.3 Å². The molecule has 0 aromatic rings. The Bertz CT molecular complexity index is 112. The zero-order chi connectivity index (χ0) is 7.61. The first-order valence-corrected chi connectivity index (χ1v) is 3.85. The van der Waals surface area contributed by atoms with Gasteiger partial charge in [-0.2, -0.15) is 0 Å². The number of likely N-dealkylation sites (N-methyl/N-ethyl adjacent to an activating group) is 1. The van der Waals surface area contributed by atoms with Crippen molar-refractivity contribution < 1.29 is 5.11 Å². The summed E-state index contributed by atoms with van der Waals surface area (Å²) in [6.45, 7) is 6.43. The van der Waals surface area contributed by atoms with E-state index in [1.807, 2.05) is 13.8 Å². The quantitative estimate of drug-likeness (QED) is 0.491. The van der Waals surface area contributed by atoms with Gasteiger partial charge in [-0.3, -0.25) is 0 Å². The van der Waals surface area contributed by atoms with Gasteiger partial charge >= 0.3 is 0 Å². The minimum Gasteiger partial charge on any atom is -0.386 e. The molecule has 1 fully saturated rings. The summed E-state index contributed by atoms with van der Waals surface area (Å²) in [6.07, 6.45) is 0. The number of hydrogen-bond donors (Lipinski definition) is 3. The molecule has 1 rings (SSSR count). The molecule has 0 radical (unpaired) electrons. The van der Waals surface area contributed by atoms with Crippen molar-refractivity contribution in [1.82, 2.24) is 10.6 Å². The first kappa shape index (κ1) is 7.98. The normalized spacial score (nSPS) is 25.5. The summed E-state index contributed by atoms with van der Waals surface area (Å²) in [6, 6.07) is 0.207. The third-order valence-electron chi connectivity index (χ3n) is 2.18. The minimum absolute atomic E-state index is 0.207. The van der Waals surface area contributed by atoms with Crippen LogP contribution in [0.25, 0.3) is 0 Å². The summed E-state index contributed by atoms with van der Waals surface area (Å²) >= 11 is 0. The van der Waals surface area contributed by atoms with Crippen LogP contribution in [0.1, 0.15) is 13.8 Å². The molecule has 1 aliphatic rings. The lowest BCUT2D eigenvalue weighted by molar-refractivity contribution is -0.0372. The molecule has 1 saturated heterocycles. The Morgan fingerprint density at radius 3 is 2.60 bits per heavy atom. The smallest absolute Gasteiger partial charge is 0.104 e. The molecule has 1 heterocycles. The van der Waals surface area contributed by atoms with Crippen LogP contribution in [-0.4, -0.2) is 36.4 Å². The van der Waals surface area contributed by atoms with Gasteiger partial charge < -0.3 is 15.7 Å². The van der Waals surface area contributed by atoms with E-state index < -0.39 is 5.60 Å². The van der Waals surface area contributed by atoms with Crippen molar-refractivity contribution in [3.05, 3.63) is 0 Å². The maximum Gasteiger partial charge on any atom is 0.104 e. The predicted molar refractivity (Wildman–Crippen MR) is 41.0 cm³/mol. The van der Waals surface area contributed by atoms with Crippen molar-refractivity contribution in [2.24, 2.45) is 0 Å². The van der Waals surface area contributed by atoms with Crippen LogP contribution < -0.4 is 10.6 Å². The number of hydrogen-bond acceptors (Lipinski definition) is 3. The summed E-state index contributed by atoms with van der Waals surface area (Å²) in [7, 11) is 0. The highest BCUT2D eigenvalue weighted by molar-refractivity contribution is 4.99. The van der Waals surface area contributed by atoms with E-state index in [1.165, 1.54) is 0 Å². The third kappa shape index (κ3) is 1.31. The van der Waals surface area contributed by atoms with Crippen molar-refractivity contribution in [2.75, 3.05) is 19.6 Å². The molecule has 3 N–H and O–H groups in total. The van der Waals surface area contributed by atoms with E-state index in [9.17, 15) is 5.11 Å². The Morgan fingerprint density at radius 1 is 1.70 bits per heavy atom. The monoisotopic (exact) mass is 144 g/mol. The largest absolute Gasteiger partial charge is 0.386 e. The van der Waals surface area contributed by atoms with Gasteiger partial charge in [0, 0.05) is 19.1 Å². The molecule has 0 aromatic heterocycles. The summed E-state index contributed by atoms with van der Waals surface area (Å²) in [4.78, 5) is 0. The lowest BCUT2D eigenvalue weighted by Gasteiger charge is -2.42. The highest BCUT2D eigenvalue weighted by atomic mass is 16.3. The van der Waals surface area contributed by atoms with Gasteiger partial charge in [-0.05, 0) is 13.5 Å². The summed E-state index contributed by atoms with van der Waals surface area (Å²) in [5, 5.41) is 15.9. The van der Waals surface area contributed by atoms with Crippen LogP contribution in [0.3, 0.4) is 0 Å². The lowest BCUT2D eigenvalue weighted by Crippen LogP contribution is -2.68. The Balaban J connectivity index is 2.31. The molecular weight excluding hydrogens is 128 g/mol. The van der Waals surface area contributed by atoms with Gasteiger partial charge in [0.2, 0.25) is 0 Å². The van der Waals surface area contributed by atoms with E-state index in [0.29, 0.717) is 0 Å². The SMILES string of the molecule is CCNC(C)C1(O)CNC1. The van der Waals surface area contributed by atoms with Crippen molar-refractivity contribution in [1.29, 1.82) is 0 Å². The molecule has 3 nitrogen and oxygen atoms in total. The van der Waals surface area contributed by atoms with Crippen LogP contribution in [-0.2, 0) is 0 Å². The van der Waals surface area contributed by atoms with Gasteiger partial charge in [0.05, 0.1) is 0 Å². The Kier molecular flexibility index (Phi) is 2.28. The number of rotatable bonds is 3. The second-order valence-corrected chi connectivity index (χ2v) is 2.99. The fourth-order valence-electron chi connectivity index (χ4n) is 1.18. The van der Waals surface area contributed by atoms with Crippen molar-refractivity contribution in [2.45, 2.75) is 25.5 Å². The van der Waals surface area contributed by atoms with E-state index >= 15 is 0 Å². The van der Waals surface area contributed by atoms with Crippen LogP contribution >= 0.6 is 0 Å². The molecule has 0 bridgehead atoms. The Labute approximate surface area is 61.8 Å². The Morgan fingerprint density at radius 2 is 2.30 bits per heavy atom. The fraction of sp³-hybridized carbons (Fsp3) is 1.00. The molecule has 0 saturated carbocycles. The van der Waals surface area contributed by atoms with Gasteiger partial charge in [0.25, 0.3) is 0 Å². The molecular formula is C7H16N2O. The second kappa shape index (κ2) is 2.86. The zero-order valence-corrected chi connectivity index (χ0v) is 6.65. The summed E-state index contributed by atoms with van der Waals surface area (Å²) in [5.74, 6) is 0. The van der Waals surface area contributed by atoms with Crippen LogP contribution in [0.2, 0.25) is 0 Å². The summed E-state index contributed by atoms with van der Waals surface area (Å²) < 4.78 is 0. The summed E-state index contributed by atoms with van der Waals surface area (Å²) in [5.41, 5.74) is -0.490. The number of nitrogens with one attached hydrogen (secondary N) is 2. The molecule has 60 valence electrons. The molecule has 3 heteroatoms. The second-order valence-electron chi connectivity index (χ2n) is 2.99. The number of β-amino-alcohol motifs (C(OH)–C–C–N with tert-alkyl or cyclic N) is 1.